The Morgan fingerprint density at radius 3 is 2.53 bits per heavy atom. The van der Waals surface area contributed by atoms with Crippen molar-refractivity contribution in [2.45, 2.75) is 51.2 Å². The van der Waals surface area contributed by atoms with Gasteiger partial charge in [0, 0.05) is 5.56 Å². The molecule has 2 N–H and O–H groups in total. The molecule has 0 radical (unpaired) electrons. The van der Waals surface area contributed by atoms with Gasteiger partial charge in [-0.25, -0.2) is 0 Å². The van der Waals surface area contributed by atoms with Gasteiger partial charge in [-0.15, -0.1) is 0 Å². The van der Waals surface area contributed by atoms with Crippen LogP contribution >= 0.6 is 0 Å². The van der Waals surface area contributed by atoms with Gasteiger partial charge in [0.05, 0.1) is 12.7 Å². The summed E-state index contributed by atoms with van der Waals surface area (Å²) in [5, 5.41) is 20.8. The molecule has 0 spiro atoms. The van der Waals surface area contributed by atoms with E-state index in [1.54, 1.807) is 0 Å². The second kappa shape index (κ2) is 6.92. The van der Waals surface area contributed by atoms with Crippen molar-refractivity contribution in [2.75, 3.05) is 6.61 Å². The number of rotatable bonds is 5. The van der Waals surface area contributed by atoms with E-state index in [0.717, 1.165) is 25.7 Å². The molecule has 0 amide bonds. The molecule has 3 heteroatoms. The molecule has 2 rings (SSSR count). The number of hydrogen-bond donors (Lipinski definition) is 2. The van der Waals surface area contributed by atoms with E-state index in [4.69, 9.17) is 4.74 Å². The van der Waals surface area contributed by atoms with Crippen LogP contribution < -0.4 is 4.74 Å². The van der Waals surface area contributed by atoms with E-state index in [0.29, 0.717) is 17.9 Å². The second-order valence-electron chi connectivity index (χ2n) is 5.30. The van der Waals surface area contributed by atoms with Crippen LogP contribution in [0, 0.1) is 5.92 Å². The maximum absolute atomic E-state index is 10.4. The summed E-state index contributed by atoms with van der Waals surface area (Å²) >= 11 is 0. The van der Waals surface area contributed by atoms with Crippen molar-refractivity contribution in [2.24, 2.45) is 5.92 Å². The number of aliphatic hydroxyl groups excluding tert-OH is 2. The average molecular weight is 264 g/mol. The zero-order valence-electron chi connectivity index (χ0n) is 11.6. The highest BCUT2D eigenvalue weighted by atomic mass is 16.5. The van der Waals surface area contributed by atoms with Gasteiger partial charge in [-0.3, -0.25) is 0 Å². The standard InChI is InChI=1S/C16H24O3/c1-2-19-14-11-7-6-10-13(14)16(18)15(17)12-8-4-3-5-9-12/h6-7,10-12,15-18H,2-5,8-9H2,1H3. The molecule has 1 aromatic rings. The van der Waals surface area contributed by atoms with Crippen LogP contribution in [0.15, 0.2) is 24.3 Å². The molecule has 0 heterocycles. The lowest BCUT2D eigenvalue weighted by atomic mass is 9.82. The minimum atomic E-state index is -0.856. The monoisotopic (exact) mass is 264 g/mol. The first kappa shape index (κ1) is 14.4. The van der Waals surface area contributed by atoms with Gasteiger partial charge >= 0.3 is 0 Å². The van der Waals surface area contributed by atoms with Gasteiger partial charge in [-0.05, 0) is 31.7 Å². The zero-order valence-corrected chi connectivity index (χ0v) is 11.6. The van der Waals surface area contributed by atoms with Crippen LogP contribution in [0.1, 0.15) is 50.7 Å². The molecule has 0 aromatic heterocycles. The smallest absolute Gasteiger partial charge is 0.125 e. The Morgan fingerprint density at radius 2 is 1.84 bits per heavy atom. The van der Waals surface area contributed by atoms with Crippen molar-refractivity contribution in [1.29, 1.82) is 0 Å². The second-order valence-corrected chi connectivity index (χ2v) is 5.30. The Labute approximate surface area is 115 Å². The van der Waals surface area contributed by atoms with Crippen LogP contribution in [-0.2, 0) is 0 Å². The zero-order chi connectivity index (χ0) is 13.7. The third-order valence-corrected chi connectivity index (χ3v) is 3.99. The first-order valence-corrected chi connectivity index (χ1v) is 7.32. The maximum atomic E-state index is 10.4. The third-order valence-electron chi connectivity index (χ3n) is 3.99. The van der Waals surface area contributed by atoms with Crippen LogP contribution in [0.4, 0.5) is 0 Å². The number of aliphatic hydroxyl groups is 2. The summed E-state index contributed by atoms with van der Waals surface area (Å²) in [5.74, 6) is 0.880. The van der Waals surface area contributed by atoms with Crippen molar-refractivity contribution >= 4 is 0 Å². The Balaban J connectivity index is 2.11. The lowest BCUT2D eigenvalue weighted by molar-refractivity contribution is -0.0296. The van der Waals surface area contributed by atoms with Gasteiger partial charge in [0.15, 0.2) is 0 Å². The lowest BCUT2D eigenvalue weighted by Gasteiger charge is -2.30. The van der Waals surface area contributed by atoms with Crippen LogP contribution in [0.2, 0.25) is 0 Å². The van der Waals surface area contributed by atoms with E-state index in [-0.39, 0.29) is 5.92 Å². The first-order chi connectivity index (χ1) is 9.24. The molecule has 1 aliphatic rings. The average Bonchev–Trinajstić information content (AvgIpc) is 2.47. The van der Waals surface area contributed by atoms with E-state index in [2.05, 4.69) is 0 Å². The summed E-state index contributed by atoms with van der Waals surface area (Å²) in [5.41, 5.74) is 0.697. The fraction of sp³-hybridized carbons (Fsp3) is 0.625. The molecule has 1 aliphatic carbocycles. The molecule has 3 nitrogen and oxygen atoms in total. The normalized spacial score (nSPS) is 19.9. The molecule has 2 unspecified atom stereocenters. The predicted octanol–water partition coefficient (Wildman–Crippen LogP) is 3.06. The molecular formula is C16H24O3. The van der Waals surface area contributed by atoms with Gasteiger partial charge in [0.25, 0.3) is 0 Å². The van der Waals surface area contributed by atoms with Gasteiger partial charge in [0.1, 0.15) is 11.9 Å². The van der Waals surface area contributed by atoms with E-state index >= 15 is 0 Å². The molecule has 106 valence electrons. The van der Waals surface area contributed by atoms with Crippen LogP contribution in [0.5, 0.6) is 5.75 Å². The molecule has 2 atom stereocenters. The number of benzene rings is 1. The van der Waals surface area contributed by atoms with Crippen LogP contribution in [0.3, 0.4) is 0 Å². The molecule has 1 aromatic carbocycles. The number of para-hydroxylation sites is 1. The Kier molecular flexibility index (Phi) is 5.23. The van der Waals surface area contributed by atoms with Gasteiger partial charge in [-0.2, -0.15) is 0 Å². The van der Waals surface area contributed by atoms with Gasteiger partial charge < -0.3 is 14.9 Å². The van der Waals surface area contributed by atoms with E-state index in [1.165, 1.54) is 6.42 Å². The summed E-state index contributed by atoms with van der Waals surface area (Å²) in [6.45, 7) is 2.48. The molecule has 0 aliphatic heterocycles. The minimum absolute atomic E-state index is 0.207. The summed E-state index contributed by atoms with van der Waals surface area (Å²) in [4.78, 5) is 0. The van der Waals surface area contributed by atoms with Crippen molar-refractivity contribution in [3.63, 3.8) is 0 Å². The lowest BCUT2D eigenvalue weighted by Crippen LogP contribution is -2.29. The Bertz CT molecular complexity index is 385. The van der Waals surface area contributed by atoms with Crippen molar-refractivity contribution in [3.8, 4) is 5.75 Å². The first-order valence-electron chi connectivity index (χ1n) is 7.32. The molecule has 1 fully saturated rings. The van der Waals surface area contributed by atoms with Crippen molar-refractivity contribution < 1.29 is 14.9 Å². The van der Waals surface area contributed by atoms with E-state index in [9.17, 15) is 10.2 Å². The van der Waals surface area contributed by atoms with Gasteiger partial charge in [-0.1, -0.05) is 37.5 Å². The van der Waals surface area contributed by atoms with Crippen molar-refractivity contribution in [1.82, 2.24) is 0 Å². The quantitative estimate of drug-likeness (QED) is 0.859. The number of hydrogen-bond acceptors (Lipinski definition) is 3. The summed E-state index contributed by atoms with van der Waals surface area (Å²) in [7, 11) is 0. The topological polar surface area (TPSA) is 49.7 Å². The van der Waals surface area contributed by atoms with Crippen LogP contribution in [-0.4, -0.2) is 22.9 Å². The molecular weight excluding hydrogens is 240 g/mol. The molecule has 1 saturated carbocycles. The fourth-order valence-corrected chi connectivity index (χ4v) is 2.93. The fourth-order valence-electron chi connectivity index (χ4n) is 2.93. The summed E-state index contributed by atoms with van der Waals surface area (Å²) < 4.78 is 5.52. The van der Waals surface area contributed by atoms with E-state index < -0.39 is 12.2 Å². The highest BCUT2D eigenvalue weighted by Crippen LogP contribution is 2.35. The van der Waals surface area contributed by atoms with Crippen molar-refractivity contribution in [3.05, 3.63) is 29.8 Å². The largest absolute Gasteiger partial charge is 0.493 e. The van der Waals surface area contributed by atoms with Gasteiger partial charge in [0.2, 0.25) is 0 Å². The minimum Gasteiger partial charge on any atom is -0.493 e. The molecule has 0 saturated heterocycles. The summed E-state index contributed by atoms with van der Waals surface area (Å²) in [6, 6.07) is 7.43. The predicted molar refractivity (Wildman–Crippen MR) is 75.2 cm³/mol. The molecule has 19 heavy (non-hydrogen) atoms. The highest BCUT2D eigenvalue weighted by molar-refractivity contribution is 5.35. The Hall–Kier alpha value is -1.06. The highest BCUT2D eigenvalue weighted by Gasteiger charge is 2.30. The maximum Gasteiger partial charge on any atom is 0.125 e. The van der Waals surface area contributed by atoms with Crippen LogP contribution in [0.25, 0.3) is 0 Å². The molecule has 0 bridgehead atoms. The third kappa shape index (κ3) is 3.48. The Morgan fingerprint density at radius 1 is 1.16 bits per heavy atom. The SMILES string of the molecule is CCOc1ccccc1C(O)C(O)C1CCCCC1. The summed E-state index contributed by atoms with van der Waals surface area (Å²) in [6.07, 6.45) is 4.02. The number of ether oxygens (including phenoxy) is 1. The van der Waals surface area contributed by atoms with E-state index in [1.807, 2.05) is 31.2 Å².